The SMILES string of the molecule is CNC(C)C(=O)NCc1ccc(C)nc1. The minimum Gasteiger partial charge on any atom is -0.351 e. The van der Waals surface area contributed by atoms with Gasteiger partial charge in [0.05, 0.1) is 6.04 Å². The van der Waals surface area contributed by atoms with Crippen LogP contribution >= 0.6 is 0 Å². The molecule has 1 rings (SSSR count). The quantitative estimate of drug-likeness (QED) is 0.760. The lowest BCUT2D eigenvalue weighted by molar-refractivity contribution is -0.122. The van der Waals surface area contributed by atoms with E-state index in [4.69, 9.17) is 0 Å². The number of hydrogen-bond donors (Lipinski definition) is 2. The van der Waals surface area contributed by atoms with Crippen LogP contribution in [0.25, 0.3) is 0 Å². The monoisotopic (exact) mass is 207 g/mol. The second-order valence-electron chi connectivity index (χ2n) is 3.54. The maximum Gasteiger partial charge on any atom is 0.237 e. The lowest BCUT2D eigenvalue weighted by Gasteiger charge is -2.10. The fraction of sp³-hybridized carbons (Fsp3) is 0.455. The Morgan fingerprint density at radius 2 is 2.27 bits per heavy atom. The minimum absolute atomic E-state index is 0.00178. The highest BCUT2D eigenvalue weighted by Gasteiger charge is 2.08. The molecule has 2 N–H and O–H groups in total. The van der Waals surface area contributed by atoms with Crippen molar-refractivity contribution >= 4 is 5.91 Å². The van der Waals surface area contributed by atoms with Gasteiger partial charge >= 0.3 is 0 Å². The van der Waals surface area contributed by atoms with Gasteiger partial charge in [0, 0.05) is 18.4 Å². The fourth-order valence-electron chi connectivity index (χ4n) is 1.08. The summed E-state index contributed by atoms with van der Waals surface area (Å²) in [5.74, 6) is -0.00178. The summed E-state index contributed by atoms with van der Waals surface area (Å²) < 4.78 is 0. The molecule has 4 nitrogen and oxygen atoms in total. The van der Waals surface area contributed by atoms with Gasteiger partial charge in [-0.1, -0.05) is 6.07 Å². The highest BCUT2D eigenvalue weighted by molar-refractivity contribution is 5.81. The van der Waals surface area contributed by atoms with Crippen LogP contribution in [-0.2, 0) is 11.3 Å². The van der Waals surface area contributed by atoms with Gasteiger partial charge in [-0.15, -0.1) is 0 Å². The average Bonchev–Trinajstić information content (AvgIpc) is 2.26. The van der Waals surface area contributed by atoms with Gasteiger partial charge in [-0.2, -0.15) is 0 Å². The summed E-state index contributed by atoms with van der Waals surface area (Å²) >= 11 is 0. The summed E-state index contributed by atoms with van der Waals surface area (Å²) in [6.45, 7) is 4.28. The van der Waals surface area contributed by atoms with E-state index in [1.54, 1.807) is 13.2 Å². The molecule has 0 aliphatic carbocycles. The number of likely N-dealkylation sites (N-methyl/N-ethyl adjacent to an activating group) is 1. The lowest BCUT2D eigenvalue weighted by atomic mass is 10.2. The van der Waals surface area contributed by atoms with Crippen LogP contribution in [0.4, 0.5) is 0 Å². The van der Waals surface area contributed by atoms with Gasteiger partial charge in [-0.25, -0.2) is 0 Å². The Balaban J connectivity index is 2.43. The van der Waals surface area contributed by atoms with Crippen molar-refractivity contribution in [3.8, 4) is 0 Å². The molecule has 0 saturated carbocycles. The Labute approximate surface area is 90.1 Å². The Bertz CT molecular complexity index is 321. The third-order valence-corrected chi connectivity index (χ3v) is 2.27. The van der Waals surface area contributed by atoms with Crippen LogP contribution in [0.5, 0.6) is 0 Å². The summed E-state index contributed by atoms with van der Waals surface area (Å²) in [5, 5.41) is 5.71. The smallest absolute Gasteiger partial charge is 0.237 e. The number of nitrogens with zero attached hydrogens (tertiary/aromatic N) is 1. The molecule has 1 aromatic rings. The van der Waals surface area contributed by atoms with E-state index < -0.39 is 0 Å². The van der Waals surface area contributed by atoms with Crippen molar-refractivity contribution in [1.82, 2.24) is 15.6 Å². The first kappa shape index (κ1) is 11.7. The third kappa shape index (κ3) is 3.67. The molecule has 0 spiro atoms. The molecule has 0 aliphatic rings. The molecule has 1 amide bonds. The number of amides is 1. The Hall–Kier alpha value is -1.42. The van der Waals surface area contributed by atoms with Crippen molar-refractivity contribution in [1.29, 1.82) is 0 Å². The molecule has 0 saturated heterocycles. The van der Waals surface area contributed by atoms with Crippen molar-refractivity contribution in [2.75, 3.05) is 7.05 Å². The number of rotatable bonds is 4. The molecular weight excluding hydrogens is 190 g/mol. The largest absolute Gasteiger partial charge is 0.351 e. The Morgan fingerprint density at radius 3 is 2.80 bits per heavy atom. The normalized spacial score (nSPS) is 12.2. The Morgan fingerprint density at radius 1 is 1.53 bits per heavy atom. The first-order valence-corrected chi connectivity index (χ1v) is 5.00. The molecule has 1 unspecified atom stereocenters. The average molecular weight is 207 g/mol. The summed E-state index contributed by atoms with van der Waals surface area (Å²) in [4.78, 5) is 15.6. The minimum atomic E-state index is -0.164. The number of hydrogen-bond acceptors (Lipinski definition) is 3. The maximum atomic E-state index is 11.4. The van der Waals surface area contributed by atoms with E-state index in [0.29, 0.717) is 6.54 Å². The van der Waals surface area contributed by atoms with Crippen molar-refractivity contribution in [2.45, 2.75) is 26.4 Å². The topological polar surface area (TPSA) is 54.0 Å². The van der Waals surface area contributed by atoms with E-state index in [2.05, 4.69) is 15.6 Å². The van der Waals surface area contributed by atoms with Gasteiger partial charge in [-0.3, -0.25) is 9.78 Å². The summed E-state index contributed by atoms with van der Waals surface area (Å²) in [7, 11) is 1.76. The van der Waals surface area contributed by atoms with E-state index in [-0.39, 0.29) is 11.9 Å². The van der Waals surface area contributed by atoms with Crippen LogP contribution in [0, 0.1) is 6.92 Å². The molecule has 0 radical (unpaired) electrons. The number of pyridine rings is 1. The highest BCUT2D eigenvalue weighted by Crippen LogP contribution is 1.98. The second kappa shape index (κ2) is 5.46. The van der Waals surface area contributed by atoms with E-state index in [0.717, 1.165) is 11.3 Å². The molecule has 15 heavy (non-hydrogen) atoms. The van der Waals surface area contributed by atoms with E-state index in [1.807, 2.05) is 26.0 Å². The number of aryl methyl sites for hydroxylation is 1. The van der Waals surface area contributed by atoms with Gasteiger partial charge in [0.15, 0.2) is 0 Å². The van der Waals surface area contributed by atoms with Gasteiger partial charge < -0.3 is 10.6 Å². The van der Waals surface area contributed by atoms with Crippen molar-refractivity contribution in [3.63, 3.8) is 0 Å². The number of aromatic nitrogens is 1. The van der Waals surface area contributed by atoms with Gasteiger partial charge in [0.1, 0.15) is 0 Å². The van der Waals surface area contributed by atoms with Crippen LogP contribution in [0.15, 0.2) is 18.3 Å². The third-order valence-electron chi connectivity index (χ3n) is 2.27. The molecule has 1 atom stereocenters. The molecule has 0 bridgehead atoms. The molecule has 0 aliphatic heterocycles. The van der Waals surface area contributed by atoms with E-state index in [9.17, 15) is 4.79 Å². The predicted molar refractivity (Wildman–Crippen MR) is 59.3 cm³/mol. The predicted octanol–water partition coefficient (Wildman–Crippen LogP) is 0.614. The highest BCUT2D eigenvalue weighted by atomic mass is 16.2. The maximum absolute atomic E-state index is 11.4. The zero-order chi connectivity index (χ0) is 11.3. The van der Waals surface area contributed by atoms with E-state index >= 15 is 0 Å². The van der Waals surface area contributed by atoms with Gasteiger partial charge in [0.2, 0.25) is 5.91 Å². The van der Waals surface area contributed by atoms with Crippen LogP contribution < -0.4 is 10.6 Å². The van der Waals surface area contributed by atoms with Crippen LogP contribution in [0.1, 0.15) is 18.2 Å². The summed E-state index contributed by atoms with van der Waals surface area (Å²) in [5.41, 5.74) is 1.99. The summed E-state index contributed by atoms with van der Waals surface area (Å²) in [6, 6.07) is 3.73. The second-order valence-corrected chi connectivity index (χ2v) is 3.54. The number of carbonyl (C=O) groups excluding carboxylic acids is 1. The summed E-state index contributed by atoms with van der Waals surface area (Å²) in [6.07, 6.45) is 1.78. The van der Waals surface area contributed by atoms with Gasteiger partial charge in [-0.05, 0) is 32.5 Å². The molecule has 82 valence electrons. The lowest BCUT2D eigenvalue weighted by Crippen LogP contribution is -2.39. The zero-order valence-electron chi connectivity index (χ0n) is 9.37. The first-order chi connectivity index (χ1) is 7.13. The van der Waals surface area contributed by atoms with Crippen LogP contribution in [0.3, 0.4) is 0 Å². The van der Waals surface area contributed by atoms with Crippen LogP contribution in [0.2, 0.25) is 0 Å². The Kier molecular flexibility index (Phi) is 4.24. The fourth-order valence-corrected chi connectivity index (χ4v) is 1.08. The van der Waals surface area contributed by atoms with Crippen LogP contribution in [-0.4, -0.2) is 24.0 Å². The van der Waals surface area contributed by atoms with Gasteiger partial charge in [0.25, 0.3) is 0 Å². The zero-order valence-corrected chi connectivity index (χ0v) is 9.37. The standard InChI is InChI=1S/C11H17N3O/c1-8-4-5-10(6-13-8)7-14-11(15)9(2)12-3/h4-6,9,12H,7H2,1-3H3,(H,14,15). The van der Waals surface area contributed by atoms with E-state index in [1.165, 1.54) is 0 Å². The molecule has 1 aromatic heterocycles. The van der Waals surface area contributed by atoms with Crippen molar-refractivity contribution < 1.29 is 4.79 Å². The number of nitrogens with one attached hydrogen (secondary N) is 2. The number of carbonyl (C=O) groups is 1. The molecule has 0 aromatic carbocycles. The molecular formula is C11H17N3O. The van der Waals surface area contributed by atoms with Crippen molar-refractivity contribution in [3.05, 3.63) is 29.6 Å². The molecule has 0 fully saturated rings. The van der Waals surface area contributed by atoms with Crippen molar-refractivity contribution in [2.24, 2.45) is 0 Å². The first-order valence-electron chi connectivity index (χ1n) is 5.00. The molecule has 1 heterocycles. The molecule has 4 heteroatoms.